The van der Waals surface area contributed by atoms with Gasteiger partial charge in [-0.05, 0) is 42.5 Å². The maximum atomic E-state index is 13.9. The second kappa shape index (κ2) is 8.15. The van der Waals surface area contributed by atoms with Crippen molar-refractivity contribution >= 4 is 44.3 Å². The van der Waals surface area contributed by atoms with Crippen molar-refractivity contribution < 1.29 is 17.2 Å². The number of rotatable bonds is 6. The molecule has 0 saturated carbocycles. The van der Waals surface area contributed by atoms with Crippen LogP contribution in [0.25, 0.3) is 17.0 Å². The number of benzene rings is 2. The maximum absolute atomic E-state index is 13.9. The fourth-order valence-corrected chi connectivity index (χ4v) is 4.04. The van der Waals surface area contributed by atoms with Crippen LogP contribution in [0.1, 0.15) is 5.56 Å². The number of halogens is 2. The molecule has 0 aliphatic carbocycles. The number of aromatic amines is 1. The van der Waals surface area contributed by atoms with Crippen molar-refractivity contribution in [1.29, 1.82) is 0 Å². The van der Waals surface area contributed by atoms with Crippen LogP contribution >= 0.6 is 0 Å². The van der Waals surface area contributed by atoms with E-state index in [1.165, 1.54) is 12.3 Å². The van der Waals surface area contributed by atoms with E-state index >= 15 is 0 Å². The van der Waals surface area contributed by atoms with Crippen molar-refractivity contribution in [1.82, 2.24) is 15.0 Å². The van der Waals surface area contributed by atoms with Gasteiger partial charge in [-0.3, -0.25) is 0 Å². The molecule has 2 aromatic carbocycles. The first-order chi connectivity index (χ1) is 14.9. The zero-order chi connectivity index (χ0) is 22.0. The Balaban J connectivity index is 1.59. The number of hydrogen-bond acceptors (Lipinski definition) is 6. The summed E-state index contributed by atoms with van der Waals surface area (Å²) in [7, 11) is -2.50. The van der Waals surface area contributed by atoms with E-state index in [4.69, 9.17) is 0 Å². The number of hydrogen-bond donors (Lipinski definition) is 3. The van der Waals surface area contributed by atoms with Crippen LogP contribution in [0.2, 0.25) is 0 Å². The van der Waals surface area contributed by atoms with Gasteiger partial charge in [0, 0.05) is 53.1 Å². The number of fused-ring (bicyclic) bond motifs is 1. The third-order valence-electron chi connectivity index (χ3n) is 4.49. The number of sulfone groups is 1. The van der Waals surface area contributed by atoms with E-state index in [9.17, 15) is 17.2 Å². The van der Waals surface area contributed by atoms with Gasteiger partial charge in [-0.2, -0.15) is 4.98 Å². The lowest BCUT2D eigenvalue weighted by Crippen LogP contribution is -2.03. The smallest absolute Gasteiger partial charge is 0.229 e. The van der Waals surface area contributed by atoms with Crippen molar-refractivity contribution in [2.75, 3.05) is 17.7 Å². The number of aromatic nitrogens is 3. The summed E-state index contributed by atoms with van der Waals surface area (Å²) < 4.78 is 51.7. The molecule has 4 rings (SSSR count). The van der Waals surface area contributed by atoms with Gasteiger partial charge >= 0.3 is 0 Å². The average molecular weight is 441 g/mol. The first-order valence-corrected chi connectivity index (χ1v) is 10.7. The fourth-order valence-electron chi connectivity index (χ4n) is 2.98. The van der Waals surface area contributed by atoms with E-state index < -0.39 is 26.4 Å². The van der Waals surface area contributed by atoms with Crippen molar-refractivity contribution in [2.24, 2.45) is 0 Å². The Morgan fingerprint density at radius 3 is 2.71 bits per heavy atom. The number of anilines is 3. The molecule has 0 aliphatic heterocycles. The van der Waals surface area contributed by atoms with Crippen LogP contribution in [-0.4, -0.2) is 30.4 Å². The normalized spacial score (nSPS) is 11.8. The highest BCUT2D eigenvalue weighted by atomic mass is 32.2. The zero-order valence-corrected chi connectivity index (χ0v) is 17.0. The molecule has 3 N–H and O–H groups in total. The SMILES string of the molecule is CNc1nc(Nc2ccc3[nH]ccc3c2)ncc1/C=C/S(=O)(=O)c1ccc(F)cc1F. The summed E-state index contributed by atoms with van der Waals surface area (Å²) in [5, 5.41) is 7.83. The van der Waals surface area contributed by atoms with Crippen molar-refractivity contribution in [3.8, 4) is 0 Å². The quantitative estimate of drug-likeness (QED) is 0.382. The number of H-pyrrole nitrogens is 1. The average Bonchev–Trinajstić information content (AvgIpc) is 3.20. The second-order valence-corrected chi connectivity index (χ2v) is 8.38. The van der Waals surface area contributed by atoms with E-state index in [-0.39, 0.29) is 0 Å². The molecule has 0 bridgehead atoms. The Kier molecular flexibility index (Phi) is 5.38. The van der Waals surface area contributed by atoms with Crippen LogP contribution < -0.4 is 10.6 Å². The summed E-state index contributed by atoms with van der Waals surface area (Å²) in [6.45, 7) is 0. The molecule has 7 nitrogen and oxygen atoms in total. The van der Waals surface area contributed by atoms with Crippen LogP contribution in [0, 0.1) is 11.6 Å². The topological polar surface area (TPSA) is 99.8 Å². The van der Waals surface area contributed by atoms with Gasteiger partial charge in [0.15, 0.2) is 0 Å². The van der Waals surface area contributed by atoms with Gasteiger partial charge < -0.3 is 15.6 Å². The summed E-state index contributed by atoms with van der Waals surface area (Å²) in [5.41, 5.74) is 2.16. The Morgan fingerprint density at radius 2 is 1.94 bits per heavy atom. The van der Waals surface area contributed by atoms with Gasteiger partial charge in [-0.15, -0.1) is 0 Å². The molecule has 4 aromatic rings. The van der Waals surface area contributed by atoms with E-state index in [0.717, 1.165) is 34.1 Å². The molecular formula is C21H17F2N5O2S. The first kappa shape index (κ1) is 20.5. The molecule has 0 spiro atoms. The fraction of sp³-hybridized carbons (Fsp3) is 0.0476. The van der Waals surface area contributed by atoms with Crippen LogP contribution in [0.3, 0.4) is 0 Å². The molecule has 0 radical (unpaired) electrons. The Labute approximate surface area is 176 Å². The van der Waals surface area contributed by atoms with E-state index in [0.29, 0.717) is 23.4 Å². The minimum absolute atomic E-state index is 0.309. The van der Waals surface area contributed by atoms with Gasteiger partial charge in [-0.1, -0.05) is 0 Å². The first-order valence-electron chi connectivity index (χ1n) is 9.13. The van der Waals surface area contributed by atoms with Crippen molar-refractivity contribution in [2.45, 2.75) is 4.90 Å². The van der Waals surface area contributed by atoms with Crippen molar-refractivity contribution in [3.63, 3.8) is 0 Å². The largest absolute Gasteiger partial charge is 0.372 e. The maximum Gasteiger partial charge on any atom is 0.229 e. The number of nitrogens with zero attached hydrogens (tertiary/aromatic N) is 2. The molecule has 2 heterocycles. The molecule has 158 valence electrons. The molecule has 31 heavy (non-hydrogen) atoms. The number of nitrogens with one attached hydrogen (secondary N) is 3. The minimum atomic E-state index is -4.13. The predicted molar refractivity (Wildman–Crippen MR) is 116 cm³/mol. The summed E-state index contributed by atoms with van der Waals surface area (Å²) in [5.74, 6) is -1.34. The van der Waals surface area contributed by atoms with Gasteiger partial charge in [-0.25, -0.2) is 22.2 Å². The molecule has 0 fully saturated rings. The van der Waals surface area contributed by atoms with Crippen LogP contribution in [0.4, 0.5) is 26.2 Å². The lowest BCUT2D eigenvalue weighted by Gasteiger charge is -2.09. The highest BCUT2D eigenvalue weighted by Gasteiger charge is 2.17. The van der Waals surface area contributed by atoms with E-state index in [1.54, 1.807) is 7.05 Å². The van der Waals surface area contributed by atoms with Crippen LogP contribution in [0.5, 0.6) is 0 Å². The zero-order valence-electron chi connectivity index (χ0n) is 16.2. The van der Waals surface area contributed by atoms with Crippen LogP contribution in [-0.2, 0) is 9.84 Å². The minimum Gasteiger partial charge on any atom is -0.372 e. The van der Waals surface area contributed by atoms with Gasteiger partial charge in [0.1, 0.15) is 22.3 Å². The molecule has 2 aromatic heterocycles. The Bertz CT molecular complexity index is 1400. The monoisotopic (exact) mass is 441 g/mol. The summed E-state index contributed by atoms with van der Waals surface area (Å²) in [4.78, 5) is 11.1. The second-order valence-electron chi connectivity index (χ2n) is 6.57. The van der Waals surface area contributed by atoms with Gasteiger partial charge in [0.2, 0.25) is 15.8 Å². The standard InChI is InChI=1S/C21H17F2N5O2S/c1-24-20-14(7-9-31(29,30)19-5-2-15(22)11-17(19)23)12-26-21(28-20)27-16-3-4-18-13(10-16)6-8-25-18/h2-12,25H,1H3,(H2,24,26,27,28)/b9-7+. The van der Waals surface area contributed by atoms with E-state index in [2.05, 4.69) is 25.6 Å². The third-order valence-corrected chi connectivity index (χ3v) is 5.93. The third kappa shape index (κ3) is 4.38. The van der Waals surface area contributed by atoms with Crippen molar-refractivity contribution in [3.05, 3.63) is 77.5 Å². The molecule has 0 unspecified atom stereocenters. The Hall–Kier alpha value is -3.79. The molecular weight excluding hydrogens is 424 g/mol. The highest BCUT2D eigenvalue weighted by molar-refractivity contribution is 7.94. The highest BCUT2D eigenvalue weighted by Crippen LogP contribution is 2.23. The lowest BCUT2D eigenvalue weighted by molar-refractivity contribution is 0.552. The van der Waals surface area contributed by atoms with Gasteiger partial charge in [0.05, 0.1) is 0 Å². The Morgan fingerprint density at radius 1 is 1.10 bits per heavy atom. The summed E-state index contributed by atoms with van der Waals surface area (Å²) in [6, 6.07) is 9.97. The van der Waals surface area contributed by atoms with Gasteiger partial charge in [0.25, 0.3) is 0 Å². The molecule has 0 saturated heterocycles. The molecule has 0 atom stereocenters. The lowest BCUT2D eigenvalue weighted by atomic mass is 10.2. The summed E-state index contributed by atoms with van der Waals surface area (Å²) >= 11 is 0. The molecule has 0 aliphatic rings. The van der Waals surface area contributed by atoms with E-state index in [1.807, 2.05) is 30.5 Å². The van der Waals surface area contributed by atoms with Crippen LogP contribution in [0.15, 0.2) is 65.2 Å². The molecule has 0 amide bonds. The predicted octanol–water partition coefficient (Wildman–Crippen LogP) is 4.47. The molecule has 10 heteroatoms. The summed E-state index contributed by atoms with van der Waals surface area (Å²) in [6.07, 6.45) is 4.53.